The van der Waals surface area contributed by atoms with Gasteiger partial charge in [-0.1, -0.05) is 53.2 Å². The van der Waals surface area contributed by atoms with Crippen LogP contribution in [0.3, 0.4) is 0 Å². The highest BCUT2D eigenvalue weighted by Crippen LogP contribution is 2.18. The minimum absolute atomic E-state index is 0. The molecule has 3 nitrogen and oxygen atoms in total. The Hall–Kier alpha value is -1.59. The maximum Gasteiger partial charge on any atom is 0.337 e. The fraction of sp³-hybridized carbons (Fsp3) is 0.125. The van der Waals surface area contributed by atoms with Crippen LogP contribution in [0.5, 0.6) is 0 Å². The van der Waals surface area contributed by atoms with Crippen LogP contribution in [-0.2, 0) is 12.8 Å². The molecule has 0 bridgehead atoms. The average molecular weight is 362 g/mol. The third kappa shape index (κ3) is 3.95. The number of para-hydroxylation sites is 1. The SMILES string of the molecule is C[n+]1cn(-c2ccccc2)nc1SCc1ccccc1.[Br-]. The molecule has 1 heterocycles. The van der Waals surface area contributed by atoms with Gasteiger partial charge in [0, 0.05) is 5.75 Å². The molecule has 2 aromatic carbocycles. The van der Waals surface area contributed by atoms with Crippen LogP contribution in [0, 0.1) is 0 Å². The molecule has 0 N–H and O–H groups in total. The predicted molar refractivity (Wildman–Crippen MR) is 80.7 cm³/mol. The minimum Gasteiger partial charge on any atom is -1.00 e. The smallest absolute Gasteiger partial charge is 0.337 e. The molecule has 21 heavy (non-hydrogen) atoms. The Morgan fingerprint density at radius 1 is 1.00 bits per heavy atom. The molecule has 0 aliphatic carbocycles. The van der Waals surface area contributed by atoms with Crippen molar-refractivity contribution in [1.29, 1.82) is 0 Å². The van der Waals surface area contributed by atoms with Gasteiger partial charge in [-0.15, -0.1) is 0 Å². The molecule has 3 aromatic rings. The summed E-state index contributed by atoms with van der Waals surface area (Å²) in [5, 5.41) is 5.65. The molecule has 0 aliphatic rings. The number of rotatable bonds is 4. The first-order valence-electron chi connectivity index (χ1n) is 6.50. The van der Waals surface area contributed by atoms with E-state index in [0.29, 0.717) is 0 Å². The van der Waals surface area contributed by atoms with Gasteiger partial charge in [-0.3, -0.25) is 0 Å². The molecule has 0 aliphatic heterocycles. The molecule has 0 spiro atoms. The Morgan fingerprint density at radius 3 is 2.29 bits per heavy atom. The number of nitrogens with zero attached hydrogens (tertiary/aromatic N) is 3. The van der Waals surface area contributed by atoms with E-state index in [-0.39, 0.29) is 17.0 Å². The Bertz CT molecular complexity index is 683. The Balaban J connectivity index is 0.00000161. The first-order chi connectivity index (χ1) is 9.83. The molecule has 1 aromatic heterocycles. The lowest BCUT2D eigenvalue weighted by molar-refractivity contribution is -0.709. The monoisotopic (exact) mass is 361 g/mol. The Kier molecular flexibility index (Phi) is 5.59. The molecule has 3 rings (SSSR count). The number of halogens is 1. The van der Waals surface area contributed by atoms with E-state index < -0.39 is 0 Å². The number of thioether (sulfide) groups is 1. The summed E-state index contributed by atoms with van der Waals surface area (Å²) >= 11 is 1.75. The van der Waals surface area contributed by atoms with E-state index in [0.717, 1.165) is 16.6 Å². The van der Waals surface area contributed by atoms with Crippen molar-refractivity contribution in [3.8, 4) is 5.69 Å². The Labute approximate surface area is 139 Å². The quantitative estimate of drug-likeness (QED) is 0.481. The van der Waals surface area contributed by atoms with Crippen molar-refractivity contribution in [2.24, 2.45) is 7.05 Å². The van der Waals surface area contributed by atoms with Crippen molar-refractivity contribution < 1.29 is 21.5 Å². The van der Waals surface area contributed by atoms with Gasteiger partial charge in [0.05, 0.1) is 12.1 Å². The normalized spacial score (nSPS) is 10.1. The molecule has 0 amide bonds. The molecule has 108 valence electrons. The summed E-state index contributed by atoms with van der Waals surface area (Å²) in [4.78, 5) is 0. The lowest BCUT2D eigenvalue weighted by atomic mass is 10.2. The largest absolute Gasteiger partial charge is 1.00 e. The van der Waals surface area contributed by atoms with E-state index in [4.69, 9.17) is 0 Å². The molecule has 0 atom stereocenters. The van der Waals surface area contributed by atoms with E-state index in [2.05, 4.69) is 46.1 Å². The van der Waals surface area contributed by atoms with Crippen molar-refractivity contribution in [3.63, 3.8) is 0 Å². The lowest BCUT2D eigenvalue weighted by Crippen LogP contribution is -3.00. The van der Waals surface area contributed by atoms with Gasteiger partial charge in [0.25, 0.3) is 0 Å². The summed E-state index contributed by atoms with van der Waals surface area (Å²) in [6.45, 7) is 0. The molecule has 0 saturated heterocycles. The van der Waals surface area contributed by atoms with Crippen molar-refractivity contribution in [1.82, 2.24) is 9.78 Å². The van der Waals surface area contributed by atoms with Crippen LogP contribution in [0.2, 0.25) is 0 Å². The molecule has 0 fully saturated rings. The molecular formula is C16H16BrN3S. The van der Waals surface area contributed by atoms with Crippen LogP contribution in [-0.4, -0.2) is 9.78 Å². The standard InChI is InChI=1S/C16H16N3S.BrH/c1-18-13-19(15-10-6-3-7-11-15)17-16(18)20-12-14-8-4-2-5-9-14;/h2-11,13H,12H2,1H3;1H/q+1;/p-1. The second-order valence-corrected chi connectivity index (χ2v) is 5.51. The zero-order chi connectivity index (χ0) is 13.8. The lowest BCUT2D eigenvalue weighted by Gasteiger charge is -1.96. The van der Waals surface area contributed by atoms with Crippen molar-refractivity contribution >= 4 is 11.8 Å². The van der Waals surface area contributed by atoms with Gasteiger partial charge >= 0.3 is 5.16 Å². The van der Waals surface area contributed by atoms with E-state index >= 15 is 0 Å². The van der Waals surface area contributed by atoms with Crippen LogP contribution >= 0.6 is 11.8 Å². The van der Waals surface area contributed by atoms with Crippen LogP contribution in [0.25, 0.3) is 5.69 Å². The third-order valence-electron chi connectivity index (χ3n) is 3.01. The summed E-state index contributed by atoms with van der Waals surface area (Å²) < 4.78 is 3.97. The molecule has 0 unspecified atom stereocenters. The molecular weight excluding hydrogens is 346 g/mol. The number of hydrogen-bond acceptors (Lipinski definition) is 2. The number of hydrogen-bond donors (Lipinski definition) is 0. The topological polar surface area (TPSA) is 21.7 Å². The second-order valence-electron chi connectivity index (χ2n) is 4.56. The maximum atomic E-state index is 4.64. The van der Waals surface area contributed by atoms with Gasteiger partial charge in [0.1, 0.15) is 5.69 Å². The summed E-state index contributed by atoms with van der Waals surface area (Å²) in [6.07, 6.45) is 2.00. The van der Waals surface area contributed by atoms with Crippen molar-refractivity contribution in [2.75, 3.05) is 0 Å². The van der Waals surface area contributed by atoms with Crippen molar-refractivity contribution in [2.45, 2.75) is 10.9 Å². The first-order valence-corrected chi connectivity index (χ1v) is 7.49. The third-order valence-corrected chi connectivity index (χ3v) is 4.11. The van der Waals surface area contributed by atoms with E-state index in [1.807, 2.05) is 42.3 Å². The summed E-state index contributed by atoms with van der Waals surface area (Å²) in [7, 11) is 2.03. The molecule has 0 saturated carbocycles. The zero-order valence-corrected chi connectivity index (χ0v) is 14.1. The van der Waals surface area contributed by atoms with Crippen LogP contribution in [0.15, 0.2) is 72.1 Å². The van der Waals surface area contributed by atoms with E-state index in [1.165, 1.54) is 5.56 Å². The van der Waals surface area contributed by atoms with Gasteiger partial charge in [0.15, 0.2) is 0 Å². The number of aromatic nitrogens is 3. The van der Waals surface area contributed by atoms with Crippen LogP contribution < -0.4 is 21.5 Å². The molecule has 5 heteroatoms. The van der Waals surface area contributed by atoms with Gasteiger partial charge in [-0.2, -0.15) is 0 Å². The van der Waals surface area contributed by atoms with Crippen LogP contribution in [0.4, 0.5) is 0 Å². The van der Waals surface area contributed by atoms with E-state index in [9.17, 15) is 0 Å². The Morgan fingerprint density at radius 2 is 1.62 bits per heavy atom. The summed E-state index contributed by atoms with van der Waals surface area (Å²) in [6, 6.07) is 20.6. The highest BCUT2D eigenvalue weighted by Gasteiger charge is 2.15. The number of benzene rings is 2. The first kappa shape index (κ1) is 15.8. The van der Waals surface area contributed by atoms with Crippen molar-refractivity contribution in [3.05, 3.63) is 72.6 Å². The highest BCUT2D eigenvalue weighted by atomic mass is 79.9. The summed E-state index contributed by atoms with van der Waals surface area (Å²) in [5.41, 5.74) is 2.39. The highest BCUT2D eigenvalue weighted by molar-refractivity contribution is 7.98. The van der Waals surface area contributed by atoms with E-state index in [1.54, 1.807) is 11.8 Å². The fourth-order valence-electron chi connectivity index (χ4n) is 1.96. The number of aryl methyl sites for hydroxylation is 1. The van der Waals surface area contributed by atoms with Gasteiger partial charge in [0.2, 0.25) is 6.33 Å². The minimum atomic E-state index is 0. The van der Waals surface area contributed by atoms with Gasteiger partial charge in [-0.25, -0.2) is 4.57 Å². The second kappa shape index (κ2) is 7.43. The predicted octanol–water partition coefficient (Wildman–Crippen LogP) is -0.00690. The van der Waals surface area contributed by atoms with Gasteiger partial charge in [-0.05, 0) is 29.5 Å². The fourth-order valence-corrected chi connectivity index (χ4v) is 2.84. The zero-order valence-electron chi connectivity index (χ0n) is 11.7. The maximum absolute atomic E-state index is 4.64. The van der Waals surface area contributed by atoms with Crippen LogP contribution in [0.1, 0.15) is 5.56 Å². The van der Waals surface area contributed by atoms with Gasteiger partial charge < -0.3 is 17.0 Å². The summed E-state index contributed by atoms with van der Waals surface area (Å²) in [5.74, 6) is 0.931. The average Bonchev–Trinajstić information content (AvgIpc) is 2.88. The molecule has 0 radical (unpaired) electrons.